The number of carbonyl (C=O) groups is 1. The van der Waals surface area contributed by atoms with Gasteiger partial charge in [0.1, 0.15) is 5.75 Å². The fraction of sp³-hybridized carbons (Fsp3) is 0.533. The summed E-state index contributed by atoms with van der Waals surface area (Å²) in [5.41, 5.74) is 1.05. The molecule has 2 saturated carbocycles. The number of hydrogen-bond donors (Lipinski definition) is 1. The first-order valence-corrected chi connectivity index (χ1v) is 6.63. The van der Waals surface area contributed by atoms with E-state index < -0.39 is 5.97 Å². The van der Waals surface area contributed by atoms with Crippen LogP contribution in [0.2, 0.25) is 0 Å². The van der Waals surface area contributed by atoms with E-state index in [-0.39, 0.29) is 11.8 Å². The highest BCUT2D eigenvalue weighted by Gasteiger charge is 2.45. The van der Waals surface area contributed by atoms with Crippen molar-refractivity contribution in [2.75, 3.05) is 6.61 Å². The van der Waals surface area contributed by atoms with Gasteiger partial charge in [0, 0.05) is 5.41 Å². The number of hydrogen-bond acceptors (Lipinski definition) is 2. The predicted octanol–water partition coefficient (Wildman–Crippen LogP) is 2.98. The second-order valence-electron chi connectivity index (χ2n) is 5.63. The average molecular weight is 246 g/mol. The molecule has 96 valence electrons. The van der Waals surface area contributed by atoms with E-state index >= 15 is 0 Å². The third-order valence-electron chi connectivity index (χ3n) is 3.99. The predicted molar refractivity (Wildman–Crippen MR) is 67.8 cm³/mol. The molecule has 0 aromatic heterocycles. The summed E-state index contributed by atoms with van der Waals surface area (Å²) in [5, 5.41) is 8.93. The second kappa shape index (κ2) is 4.30. The maximum atomic E-state index is 10.9. The summed E-state index contributed by atoms with van der Waals surface area (Å²) < 4.78 is 5.68. The van der Waals surface area contributed by atoms with E-state index in [9.17, 15) is 4.79 Å². The van der Waals surface area contributed by atoms with Gasteiger partial charge in [-0.3, -0.25) is 4.79 Å². The van der Waals surface area contributed by atoms with E-state index in [4.69, 9.17) is 9.84 Å². The minimum Gasteiger partial charge on any atom is -0.493 e. The Morgan fingerprint density at radius 3 is 2.44 bits per heavy atom. The van der Waals surface area contributed by atoms with Crippen LogP contribution in [0.5, 0.6) is 5.75 Å². The summed E-state index contributed by atoms with van der Waals surface area (Å²) in [4.78, 5) is 10.9. The molecule has 0 unspecified atom stereocenters. The molecule has 0 heterocycles. The van der Waals surface area contributed by atoms with Gasteiger partial charge in [-0.25, -0.2) is 0 Å². The standard InChI is InChI=1S/C15H18O3/c16-14(17)9-15(7-8-15)12-3-5-13(6-4-12)18-10-11-1-2-11/h3-6,11H,1-2,7-10H2,(H,16,17). The fourth-order valence-corrected chi connectivity index (χ4v) is 2.41. The number of aliphatic carboxylic acids is 1. The first-order valence-electron chi connectivity index (χ1n) is 6.63. The van der Waals surface area contributed by atoms with E-state index in [1.54, 1.807) is 0 Å². The van der Waals surface area contributed by atoms with Crippen LogP contribution in [-0.4, -0.2) is 17.7 Å². The van der Waals surface area contributed by atoms with Crippen molar-refractivity contribution in [2.24, 2.45) is 5.92 Å². The summed E-state index contributed by atoms with van der Waals surface area (Å²) in [6.07, 6.45) is 4.80. The quantitative estimate of drug-likeness (QED) is 0.839. The van der Waals surface area contributed by atoms with Gasteiger partial charge in [-0.2, -0.15) is 0 Å². The number of rotatable bonds is 6. The fourth-order valence-electron chi connectivity index (χ4n) is 2.41. The zero-order chi connectivity index (χ0) is 12.6. The topological polar surface area (TPSA) is 46.5 Å². The zero-order valence-corrected chi connectivity index (χ0v) is 10.4. The molecule has 0 saturated heterocycles. The Bertz CT molecular complexity index is 441. The lowest BCUT2D eigenvalue weighted by Gasteiger charge is -2.13. The molecule has 2 aliphatic rings. The van der Waals surface area contributed by atoms with Gasteiger partial charge in [0.25, 0.3) is 0 Å². The molecule has 0 bridgehead atoms. The highest BCUT2D eigenvalue weighted by Crippen LogP contribution is 2.51. The molecule has 2 aliphatic carbocycles. The van der Waals surface area contributed by atoms with E-state index in [2.05, 4.69) is 0 Å². The van der Waals surface area contributed by atoms with E-state index in [0.29, 0.717) is 0 Å². The number of carboxylic acids is 1. The normalized spacial score (nSPS) is 20.4. The van der Waals surface area contributed by atoms with Gasteiger partial charge in [0.15, 0.2) is 0 Å². The lowest BCUT2D eigenvalue weighted by Crippen LogP contribution is -2.12. The molecule has 2 fully saturated rings. The Labute approximate surface area is 107 Å². The van der Waals surface area contributed by atoms with Crippen LogP contribution in [-0.2, 0) is 10.2 Å². The van der Waals surface area contributed by atoms with Crippen molar-refractivity contribution in [3.8, 4) is 5.75 Å². The molecule has 0 spiro atoms. The summed E-state index contributed by atoms with van der Waals surface area (Å²) in [6.45, 7) is 0.819. The molecule has 18 heavy (non-hydrogen) atoms. The highest BCUT2D eigenvalue weighted by atomic mass is 16.5. The van der Waals surface area contributed by atoms with Gasteiger partial charge < -0.3 is 9.84 Å². The molecular formula is C15H18O3. The van der Waals surface area contributed by atoms with Gasteiger partial charge in [0.2, 0.25) is 0 Å². The second-order valence-corrected chi connectivity index (χ2v) is 5.63. The number of ether oxygens (including phenoxy) is 1. The van der Waals surface area contributed by atoms with Crippen LogP contribution in [0.4, 0.5) is 0 Å². The van der Waals surface area contributed by atoms with Crippen molar-refractivity contribution < 1.29 is 14.6 Å². The van der Waals surface area contributed by atoms with Crippen molar-refractivity contribution in [3.63, 3.8) is 0 Å². The molecular weight excluding hydrogens is 228 g/mol. The number of benzene rings is 1. The van der Waals surface area contributed by atoms with E-state index in [0.717, 1.165) is 36.7 Å². The van der Waals surface area contributed by atoms with Gasteiger partial charge in [-0.05, 0) is 49.3 Å². The lowest BCUT2D eigenvalue weighted by atomic mass is 9.92. The van der Waals surface area contributed by atoms with Crippen molar-refractivity contribution in [3.05, 3.63) is 29.8 Å². The Morgan fingerprint density at radius 2 is 1.94 bits per heavy atom. The van der Waals surface area contributed by atoms with E-state index in [1.807, 2.05) is 24.3 Å². The van der Waals surface area contributed by atoms with Crippen molar-refractivity contribution >= 4 is 5.97 Å². The Kier molecular flexibility index (Phi) is 2.77. The largest absolute Gasteiger partial charge is 0.493 e. The Balaban J connectivity index is 1.64. The third-order valence-corrected chi connectivity index (χ3v) is 3.99. The third kappa shape index (κ3) is 2.50. The molecule has 1 N–H and O–H groups in total. The highest BCUT2D eigenvalue weighted by molar-refractivity contribution is 5.70. The van der Waals surface area contributed by atoms with Crippen molar-refractivity contribution in [1.82, 2.24) is 0 Å². The molecule has 1 aromatic rings. The van der Waals surface area contributed by atoms with Crippen LogP contribution in [0.1, 0.15) is 37.7 Å². The van der Waals surface area contributed by atoms with Crippen molar-refractivity contribution in [1.29, 1.82) is 0 Å². The summed E-state index contributed by atoms with van der Waals surface area (Å²) >= 11 is 0. The van der Waals surface area contributed by atoms with E-state index in [1.165, 1.54) is 12.8 Å². The summed E-state index contributed by atoms with van der Waals surface area (Å²) in [6, 6.07) is 8.00. The molecule has 0 atom stereocenters. The average Bonchev–Trinajstić information content (AvgIpc) is 3.22. The molecule has 1 aromatic carbocycles. The van der Waals surface area contributed by atoms with Crippen LogP contribution in [0.3, 0.4) is 0 Å². The maximum absolute atomic E-state index is 10.9. The van der Waals surface area contributed by atoms with Gasteiger partial charge in [-0.1, -0.05) is 12.1 Å². The van der Waals surface area contributed by atoms with Crippen LogP contribution < -0.4 is 4.74 Å². The summed E-state index contributed by atoms with van der Waals surface area (Å²) in [5.74, 6) is 0.949. The SMILES string of the molecule is O=C(O)CC1(c2ccc(OCC3CC3)cc2)CC1. The van der Waals surface area contributed by atoms with Crippen molar-refractivity contribution in [2.45, 2.75) is 37.5 Å². The molecule has 3 rings (SSSR count). The van der Waals surface area contributed by atoms with Crippen LogP contribution in [0.15, 0.2) is 24.3 Å². The van der Waals surface area contributed by atoms with Crippen LogP contribution >= 0.6 is 0 Å². The summed E-state index contributed by atoms with van der Waals surface area (Å²) in [7, 11) is 0. The van der Waals surface area contributed by atoms with Crippen LogP contribution in [0, 0.1) is 5.92 Å². The van der Waals surface area contributed by atoms with Crippen LogP contribution in [0.25, 0.3) is 0 Å². The minimum atomic E-state index is -0.707. The molecule has 3 nitrogen and oxygen atoms in total. The first kappa shape index (κ1) is 11.6. The molecule has 0 amide bonds. The number of carboxylic acid groups (broad SMARTS) is 1. The van der Waals surface area contributed by atoms with Gasteiger partial charge in [-0.15, -0.1) is 0 Å². The Hall–Kier alpha value is -1.51. The van der Waals surface area contributed by atoms with Gasteiger partial charge >= 0.3 is 5.97 Å². The van der Waals surface area contributed by atoms with Gasteiger partial charge in [0.05, 0.1) is 13.0 Å². The molecule has 3 heteroatoms. The monoisotopic (exact) mass is 246 g/mol. The smallest absolute Gasteiger partial charge is 0.304 e. The maximum Gasteiger partial charge on any atom is 0.304 e. The molecule has 0 radical (unpaired) electrons. The Morgan fingerprint density at radius 1 is 1.28 bits per heavy atom. The first-order chi connectivity index (χ1) is 8.68. The minimum absolute atomic E-state index is 0.0964. The zero-order valence-electron chi connectivity index (χ0n) is 10.4. The lowest BCUT2D eigenvalue weighted by molar-refractivity contribution is -0.137. The molecule has 0 aliphatic heterocycles.